The molecule has 4 atom stereocenters. The van der Waals surface area contributed by atoms with E-state index in [4.69, 9.17) is 0 Å². The van der Waals surface area contributed by atoms with Crippen molar-refractivity contribution in [3.05, 3.63) is 0 Å². The third-order valence-corrected chi connectivity index (χ3v) is 14.1. The van der Waals surface area contributed by atoms with Crippen molar-refractivity contribution in [1.82, 2.24) is 10.0 Å². The fourth-order valence-corrected chi connectivity index (χ4v) is 9.64. The van der Waals surface area contributed by atoms with E-state index in [0.29, 0.717) is 17.4 Å². The van der Waals surface area contributed by atoms with E-state index in [1.807, 2.05) is 0 Å². The quantitative estimate of drug-likeness (QED) is 0.0308. The van der Waals surface area contributed by atoms with Gasteiger partial charge in [-0.2, -0.15) is 117 Å². The van der Waals surface area contributed by atoms with Crippen LogP contribution in [0.4, 0.5) is 114 Å². The molecule has 0 aliphatic rings. The van der Waals surface area contributed by atoms with Crippen LogP contribution in [0.25, 0.3) is 0 Å². The molecule has 0 radical (unpaired) electrons. The molecule has 9 nitrogen and oxygen atoms in total. The molecular formula is C38H57ClF26N3NaO6S3. The van der Waals surface area contributed by atoms with Crippen molar-refractivity contribution in [3.63, 3.8) is 0 Å². The summed E-state index contributed by atoms with van der Waals surface area (Å²) in [7, 11) is -3.45. The third-order valence-electron chi connectivity index (χ3n) is 10.5. The molecule has 0 bridgehead atoms. The molecule has 0 aromatic carbocycles. The largest absolute Gasteiger partial charge is 1.00 e. The summed E-state index contributed by atoms with van der Waals surface area (Å²) in [6, 6.07) is 0. The summed E-state index contributed by atoms with van der Waals surface area (Å²) in [5, 5.41) is 2.24. The molecule has 0 aromatic heterocycles. The van der Waals surface area contributed by atoms with Crippen LogP contribution in [0.3, 0.4) is 0 Å². The molecule has 0 aliphatic heterocycles. The van der Waals surface area contributed by atoms with E-state index >= 15 is 0 Å². The number of hydrogen-bond acceptors (Lipinski definition) is 7. The van der Waals surface area contributed by atoms with E-state index in [-0.39, 0.29) is 73.9 Å². The van der Waals surface area contributed by atoms with E-state index in [2.05, 4.69) is 10.0 Å². The van der Waals surface area contributed by atoms with Crippen molar-refractivity contribution in [2.45, 2.75) is 152 Å². The Bertz CT molecular complexity index is 1950. The van der Waals surface area contributed by atoms with Gasteiger partial charge < -0.3 is 26.8 Å². The van der Waals surface area contributed by atoms with Gasteiger partial charge in [-0.3, -0.25) is 4.79 Å². The molecule has 4 unspecified atom stereocenters. The Balaban J connectivity index is -0.000000440. The van der Waals surface area contributed by atoms with E-state index in [1.165, 1.54) is 13.8 Å². The first-order valence-electron chi connectivity index (χ1n) is 21.2. The first-order chi connectivity index (χ1) is 32.6. The van der Waals surface area contributed by atoms with Crippen molar-refractivity contribution >= 4 is 37.8 Å². The zero-order valence-electron chi connectivity index (χ0n) is 40.9. The van der Waals surface area contributed by atoms with Crippen LogP contribution >= 0.6 is 11.8 Å². The van der Waals surface area contributed by atoms with Gasteiger partial charge in [0.15, 0.2) is 0 Å². The number of thioether (sulfide) groups is 1. The van der Waals surface area contributed by atoms with Gasteiger partial charge in [-0.15, -0.1) is 0 Å². The van der Waals surface area contributed by atoms with E-state index in [9.17, 15) is 140 Å². The molecule has 0 fully saturated rings. The molecule has 0 spiro atoms. The molecule has 78 heavy (non-hydrogen) atoms. The molecule has 0 aromatic rings. The molecule has 0 rings (SSSR count). The van der Waals surface area contributed by atoms with Crippen molar-refractivity contribution < 1.29 is 187 Å². The van der Waals surface area contributed by atoms with E-state index in [1.54, 1.807) is 21.1 Å². The summed E-state index contributed by atoms with van der Waals surface area (Å²) in [5.74, 6) is -17.0. The predicted octanol–water partition coefficient (Wildman–Crippen LogP) is 6.70. The van der Waals surface area contributed by atoms with E-state index < -0.39 is 179 Å². The third kappa shape index (κ3) is 32.2. The number of quaternary nitrogens is 1. The second-order valence-electron chi connectivity index (χ2n) is 18.8. The van der Waals surface area contributed by atoms with Crippen LogP contribution in [0.1, 0.15) is 85.5 Å². The Morgan fingerprint density at radius 2 is 0.885 bits per heavy atom. The molecule has 0 saturated carbocycles. The smallest absolute Gasteiger partial charge is 1.00 e. The van der Waals surface area contributed by atoms with Gasteiger partial charge in [-0.25, -0.2) is 30.3 Å². The maximum atomic E-state index is 13.9. The van der Waals surface area contributed by atoms with Gasteiger partial charge in [0.2, 0.25) is 15.9 Å². The van der Waals surface area contributed by atoms with E-state index in [0.717, 1.165) is 11.8 Å². The number of carbonyl (C=O) groups is 1. The van der Waals surface area contributed by atoms with Crippen molar-refractivity contribution in [1.29, 1.82) is 0 Å². The first-order valence-corrected chi connectivity index (χ1v) is 25.5. The molecule has 2 N–H and O–H groups in total. The van der Waals surface area contributed by atoms with Crippen LogP contribution in [0.5, 0.6) is 0 Å². The average molecular weight is 1300 g/mol. The number of hydrogen-bond donors (Lipinski definition) is 2. The first kappa shape index (κ1) is 85.9. The minimum atomic E-state index is -6.88. The average Bonchev–Trinajstić information content (AvgIpc) is 3.11. The summed E-state index contributed by atoms with van der Waals surface area (Å²) in [6.07, 6.45) is -65.7. The summed E-state index contributed by atoms with van der Waals surface area (Å²) in [6.45, 7) is 2.89. The summed E-state index contributed by atoms with van der Waals surface area (Å²) in [4.78, 5) is 11.8. The standard InChI is InChI=1S/C19H26F13NO4S2.C18H28F13N2O2S.CH4.ClH.Na/c1-14(2,10-39(35,36)37)33-13(34)5-7-38-6-3-4-11(16(21,22)23)8-12(17(24,25)26)9-15(20,18(27,28)29)19(30,31)32;1-33(2,3)8-5-7-32-36(34,35)9-4-6-12(15(20,21)22)10-13(16(23,24)25)11-14(19,17(26,27)28)18(29,30)31;;;/h11-12H,3-10H2,1-2H3,(H,33,34)(H,35,36,37);12-13,32H,4-11H2,1-3H3;1H4;1H;/q;+1;;;+1/p-2. The number of nitrogens with zero attached hydrogens (tertiary/aromatic N) is 1. The zero-order chi connectivity index (χ0) is 60.3. The predicted molar refractivity (Wildman–Crippen MR) is 222 cm³/mol. The number of halogens is 27. The minimum Gasteiger partial charge on any atom is -1.00 e. The molecule has 1 amide bonds. The van der Waals surface area contributed by atoms with Gasteiger partial charge in [-0.05, 0) is 58.1 Å². The SMILES string of the molecule is C.CC(C)(CS(=O)(=O)[O-])NC(=O)CCSCCCC(CC(CC(F)(C(F)(F)F)C(F)(F)F)C(F)(F)F)C(F)(F)F.C[N+](C)(C)CCCNS(=O)(=O)CCCC(CC(CC(F)(C(F)(F)F)C(F)(F)F)C(F)(F)F)C(F)(F)F.[Cl-].[Na+]. The second-order valence-corrected chi connectivity index (χ2v) is 23.3. The van der Waals surface area contributed by atoms with Gasteiger partial charge in [-0.1, -0.05) is 7.43 Å². The fourth-order valence-electron chi connectivity index (χ4n) is 6.64. The van der Waals surface area contributed by atoms with Crippen LogP contribution in [-0.4, -0.2) is 155 Å². The molecule has 0 saturated heterocycles. The molecule has 40 heteroatoms. The van der Waals surface area contributed by atoms with Crippen LogP contribution in [0, 0.1) is 23.7 Å². The monoisotopic (exact) mass is 1300 g/mol. The molecule has 0 aliphatic carbocycles. The summed E-state index contributed by atoms with van der Waals surface area (Å²) >= 11 is 0.827. The maximum Gasteiger partial charge on any atom is 1.00 e. The summed E-state index contributed by atoms with van der Waals surface area (Å²) < 4.78 is 398. The Labute approximate surface area is 465 Å². The number of carbonyl (C=O) groups excluding carboxylic acids is 1. The fraction of sp³-hybridized carbons (Fsp3) is 0.974. The van der Waals surface area contributed by atoms with Crippen LogP contribution in [-0.2, 0) is 24.9 Å². The topological polar surface area (TPSA) is 132 Å². The summed E-state index contributed by atoms with van der Waals surface area (Å²) in [5.41, 5.74) is -14.2. The zero-order valence-corrected chi connectivity index (χ0v) is 46.2. The number of alkyl halides is 26. The van der Waals surface area contributed by atoms with Crippen LogP contribution in [0.15, 0.2) is 0 Å². The Hall–Kier alpha value is -0.930. The Morgan fingerprint density at radius 1 is 0.551 bits per heavy atom. The van der Waals surface area contributed by atoms with Crippen molar-refractivity contribution in [3.8, 4) is 0 Å². The van der Waals surface area contributed by atoms with Crippen LogP contribution in [0.2, 0.25) is 0 Å². The van der Waals surface area contributed by atoms with Gasteiger partial charge in [0.1, 0.15) is 0 Å². The van der Waals surface area contributed by atoms with Gasteiger partial charge in [0, 0.05) is 43.5 Å². The Kier molecular flexibility index (Phi) is 34.4. The van der Waals surface area contributed by atoms with Gasteiger partial charge in [0.05, 0.1) is 73.0 Å². The van der Waals surface area contributed by atoms with Crippen molar-refractivity contribution in [2.75, 3.05) is 57.2 Å². The molecular weight excluding hydrogens is 1240 g/mol. The Morgan fingerprint density at radius 3 is 1.18 bits per heavy atom. The molecule has 0 heterocycles. The minimum absolute atomic E-state index is 0. The molecule has 468 valence electrons. The maximum absolute atomic E-state index is 13.9. The number of rotatable bonds is 27. The normalized spacial score (nSPS) is 15.8. The number of sulfonamides is 1. The number of nitrogens with one attached hydrogen (secondary N) is 2. The second kappa shape index (κ2) is 31.3. The number of amides is 1. The van der Waals surface area contributed by atoms with Gasteiger partial charge >= 0.3 is 79.0 Å². The van der Waals surface area contributed by atoms with Crippen LogP contribution < -0.4 is 52.0 Å². The van der Waals surface area contributed by atoms with Gasteiger partial charge in [0.25, 0.3) is 11.3 Å². The van der Waals surface area contributed by atoms with Crippen molar-refractivity contribution in [2.24, 2.45) is 23.7 Å².